The Kier molecular flexibility index (Phi) is 6.92. The Balaban J connectivity index is 1.48. The lowest BCUT2D eigenvalue weighted by Gasteiger charge is -2.16. The van der Waals surface area contributed by atoms with E-state index < -0.39 is 31.8 Å². The molecule has 4 rings (SSSR count). The maximum Gasteiger partial charge on any atom is 0.246 e. The fourth-order valence-corrected chi connectivity index (χ4v) is 6.54. The molecule has 0 bridgehead atoms. The van der Waals surface area contributed by atoms with E-state index in [1.807, 2.05) is 0 Å². The zero-order valence-electron chi connectivity index (χ0n) is 17.9. The molecule has 1 fully saturated rings. The SMILES string of the molecule is CS(=O)(=O)c1ccccc1-c1ccc(N2CC[C@H](NS(=O)(=O)C=Cc3ccc(Cl)s3)C2=O)nc1. The Hall–Kier alpha value is -2.57. The van der Waals surface area contributed by atoms with E-state index in [4.69, 9.17) is 11.6 Å². The highest BCUT2D eigenvalue weighted by Gasteiger charge is 2.35. The number of rotatable bonds is 7. The molecule has 1 atom stereocenters. The van der Waals surface area contributed by atoms with Crippen molar-refractivity contribution in [2.75, 3.05) is 17.7 Å². The minimum absolute atomic E-state index is 0.189. The molecule has 0 aliphatic carbocycles. The fraction of sp³-hybridized carbons (Fsp3) is 0.182. The van der Waals surface area contributed by atoms with Crippen LogP contribution >= 0.6 is 22.9 Å². The van der Waals surface area contributed by atoms with Crippen LogP contribution in [0, 0.1) is 0 Å². The van der Waals surface area contributed by atoms with Crippen molar-refractivity contribution in [1.82, 2.24) is 9.71 Å². The van der Waals surface area contributed by atoms with Crippen LogP contribution in [0.25, 0.3) is 17.2 Å². The number of hydrogen-bond acceptors (Lipinski definition) is 7. The molecule has 178 valence electrons. The molecule has 0 spiro atoms. The Morgan fingerprint density at radius 1 is 1.12 bits per heavy atom. The Bertz CT molecular complexity index is 1470. The number of anilines is 1. The number of nitrogens with one attached hydrogen (secondary N) is 1. The van der Waals surface area contributed by atoms with Gasteiger partial charge in [0.05, 0.1) is 9.23 Å². The standard InChI is InChI=1S/C22H20ClN3O5S3/c1-33(28,29)19-5-3-2-4-17(19)15-6-9-21(24-14-15)26-12-10-18(22(26)27)25-34(30,31)13-11-16-7-8-20(23)32-16/h2-9,11,13-14,18,25H,10,12H2,1H3/t18-/m0/s1. The minimum atomic E-state index is -3.85. The number of sulfonamides is 1. The number of benzene rings is 1. The molecule has 0 radical (unpaired) electrons. The maximum atomic E-state index is 12.8. The van der Waals surface area contributed by atoms with Crippen LogP contribution in [0.1, 0.15) is 11.3 Å². The van der Waals surface area contributed by atoms with E-state index in [0.29, 0.717) is 32.7 Å². The third-order valence-electron chi connectivity index (χ3n) is 5.14. The lowest BCUT2D eigenvalue weighted by Crippen LogP contribution is -2.40. The first-order chi connectivity index (χ1) is 16.0. The van der Waals surface area contributed by atoms with Gasteiger partial charge < -0.3 is 0 Å². The topological polar surface area (TPSA) is 114 Å². The second-order valence-corrected chi connectivity index (χ2v) is 12.9. The van der Waals surface area contributed by atoms with Crippen molar-refractivity contribution in [3.8, 4) is 11.1 Å². The molecule has 0 saturated carbocycles. The molecule has 1 amide bonds. The van der Waals surface area contributed by atoms with Crippen molar-refractivity contribution >= 4 is 60.6 Å². The fourth-order valence-electron chi connectivity index (χ4n) is 3.56. The van der Waals surface area contributed by atoms with Gasteiger partial charge in [0.25, 0.3) is 0 Å². The first-order valence-corrected chi connectivity index (χ1v) is 14.7. The number of nitrogens with zero attached hydrogens (tertiary/aromatic N) is 2. The van der Waals surface area contributed by atoms with Crippen LogP contribution in [0.3, 0.4) is 0 Å². The maximum absolute atomic E-state index is 12.8. The van der Waals surface area contributed by atoms with Crippen LogP contribution in [0.15, 0.2) is 65.0 Å². The van der Waals surface area contributed by atoms with Crippen LogP contribution in [0.4, 0.5) is 5.82 Å². The summed E-state index contributed by atoms with van der Waals surface area (Å²) in [4.78, 5) is 19.4. The van der Waals surface area contributed by atoms with Gasteiger partial charge in [-0.25, -0.2) is 21.8 Å². The van der Waals surface area contributed by atoms with Gasteiger partial charge in [0, 0.05) is 40.4 Å². The molecular weight excluding hydrogens is 518 g/mol. The van der Waals surface area contributed by atoms with Crippen LogP contribution in [0.5, 0.6) is 0 Å². The lowest BCUT2D eigenvalue weighted by molar-refractivity contribution is -0.118. The summed E-state index contributed by atoms with van der Waals surface area (Å²) in [5, 5.41) is 1.01. The molecule has 3 heterocycles. The zero-order chi connectivity index (χ0) is 24.5. The molecule has 8 nitrogen and oxygen atoms in total. The number of hydrogen-bond donors (Lipinski definition) is 1. The number of sulfone groups is 1. The van der Waals surface area contributed by atoms with Gasteiger partial charge in [-0.1, -0.05) is 29.8 Å². The van der Waals surface area contributed by atoms with Gasteiger partial charge in [0.2, 0.25) is 15.9 Å². The second-order valence-electron chi connectivity index (χ2n) is 7.61. The molecule has 12 heteroatoms. The van der Waals surface area contributed by atoms with Gasteiger partial charge in [-0.2, -0.15) is 4.72 Å². The van der Waals surface area contributed by atoms with Crippen molar-refractivity contribution in [2.24, 2.45) is 0 Å². The Morgan fingerprint density at radius 2 is 1.88 bits per heavy atom. The molecule has 1 aliphatic rings. The van der Waals surface area contributed by atoms with Gasteiger partial charge in [-0.05, 0) is 42.8 Å². The number of halogens is 1. The van der Waals surface area contributed by atoms with E-state index in [0.717, 1.165) is 11.7 Å². The predicted molar refractivity (Wildman–Crippen MR) is 134 cm³/mol. The van der Waals surface area contributed by atoms with E-state index in [1.165, 1.54) is 34.6 Å². The van der Waals surface area contributed by atoms with E-state index >= 15 is 0 Å². The summed E-state index contributed by atoms with van der Waals surface area (Å²) in [6.07, 6.45) is 4.35. The summed E-state index contributed by atoms with van der Waals surface area (Å²) in [5.41, 5.74) is 1.11. The summed E-state index contributed by atoms with van der Waals surface area (Å²) in [6.45, 7) is 0.294. The number of aromatic nitrogens is 1. The molecule has 2 aromatic heterocycles. The third-order valence-corrected chi connectivity index (χ3v) is 8.60. The monoisotopic (exact) mass is 537 g/mol. The average molecular weight is 538 g/mol. The zero-order valence-corrected chi connectivity index (χ0v) is 21.1. The van der Waals surface area contributed by atoms with Crippen LogP contribution in [-0.4, -0.2) is 46.6 Å². The van der Waals surface area contributed by atoms with E-state index in [2.05, 4.69) is 9.71 Å². The first-order valence-electron chi connectivity index (χ1n) is 10.1. The third kappa shape index (κ3) is 5.56. The molecule has 1 N–H and O–H groups in total. The highest BCUT2D eigenvalue weighted by molar-refractivity contribution is 7.92. The molecule has 1 saturated heterocycles. The van der Waals surface area contributed by atoms with E-state index in [9.17, 15) is 21.6 Å². The lowest BCUT2D eigenvalue weighted by atomic mass is 10.1. The molecule has 1 aromatic carbocycles. The number of carbonyl (C=O) groups is 1. The van der Waals surface area contributed by atoms with Gasteiger partial charge in [-0.15, -0.1) is 11.3 Å². The van der Waals surface area contributed by atoms with Gasteiger partial charge >= 0.3 is 0 Å². The van der Waals surface area contributed by atoms with E-state index in [1.54, 1.807) is 42.5 Å². The Morgan fingerprint density at radius 3 is 2.53 bits per heavy atom. The predicted octanol–water partition coefficient (Wildman–Crippen LogP) is 3.56. The largest absolute Gasteiger partial charge is 0.295 e. The summed E-state index contributed by atoms with van der Waals surface area (Å²) in [5.74, 6) is -0.0519. The number of pyridine rings is 1. The number of thiophene rings is 1. The highest BCUT2D eigenvalue weighted by Crippen LogP contribution is 2.29. The van der Waals surface area contributed by atoms with Crippen molar-refractivity contribution in [3.63, 3.8) is 0 Å². The van der Waals surface area contributed by atoms with Gasteiger partial charge in [0.1, 0.15) is 11.9 Å². The molecular formula is C22H20ClN3O5S3. The molecule has 34 heavy (non-hydrogen) atoms. The summed E-state index contributed by atoms with van der Waals surface area (Å²) >= 11 is 7.09. The number of carbonyl (C=O) groups excluding carboxylic acids is 1. The molecule has 0 unspecified atom stereocenters. The van der Waals surface area contributed by atoms with Gasteiger partial charge in [0.15, 0.2) is 9.84 Å². The van der Waals surface area contributed by atoms with Gasteiger partial charge in [-0.3, -0.25) is 9.69 Å². The summed E-state index contributed by atoms with van der Waals surface area (Å²) in [6, 6.07) is 12.4. The minimum Gasteiger partial charge on any atom is -0.295 e. The molecule has 3 aromatic rings. The van der Waals surface area contributed by atoms with Crippen LogP contribution in [-0.2, 0) is 24.7 Å². The quantitative estimate of drug-likeness (QED) is 0.493. The Labute approximate surface area is 206 Å². The summed E-state index contributed by atoms with van der Waals surface area (Å²) < 4.78 is 51.9. The van der Waals surface area contributed by atoms with Crippen molar-refractivity contribution in [1.29, 1.82) is 0 Å². The average Bonchev–Trinajstić information content (AvgIpc) is 3.37. The van der Waals surface area contributed by atoms with Crippen molar-refractivity contribution < 1.29 is 21.6 Å². The smallest absolute Gasteiger partial charge is 0.246 e. The second kappa shape index (κ2) is 9.59. The number of amides is 1. The summed E-state index contributed by atoms with van der Waals surface area (Å²) in [7, 11) is -7.28. The molecule has 1 aliphatic heterocycles. The normalized spacial score (nSPS) is 17.1. The first kappa shape index (κ1) is 24.6. The van der Waals surface area contributed by atoms with Crippen LogP contribution < -0.4 is 9.62 Å². The van der Waals surface area contributed by atoms with Crippen molar-refractivity contribution in [2.45, 2.75) is 17.4 Å². The van der Waals surface area contributed by atoms with Crippen LogP contribution in [0.2, 0.25) is 4.34 Å². The van der Waals surface area contributed by atoms with Crippen molar-refractivity contribution in [3.05, 3.63) is 69.3 Å². The highest BCUT2D eigenvalue weighted by atomic mass is 35.5. The van der Waals surface area contributed by atoms with E-state index in [-0.39, 0.29) is 11.3 Å².